The van der Waals surface area contributed by atoms with Crippen LogP contribution in [0.1, 0.15) is 5.56 Å². The summed E-state index contributed by atoms with van der Waals surface area (Å²) >= 11 is 12.1. The van der Waals surface area contributed by atoms with Crippen LogP contribution < -0.4 is 9.64 Å². The van der Waals surface area contributed by atoms with E-state index in [1.807, 2.05) is 35.2 Å². The van der Waals surface area contributed by atoms with Crippen LogP contribution in [0, 0.1) is 0 Å². The number of piperazine rings is 1. The van der Waals surface area contributed by atoms with Crippen molar-refractivity contribution >= 4 is 34.8 Å². The molecule has 1 aliphatic rings. The molecule has 1 fully saturated rings. The van der Waals surface area contributed by atoms with Crippen molar-refractivity contribution in [3.05, 3.63) is 58.1 Å². The van der Waals surface area contributed by atoms with Gasteiger partial charge in [-0.25, -0.2) is 0 Å². The molecule has 2 aromatic carbocycles. The monoisotopic (exact) mass is 378 g/mol. The molecule has 25 heavy (non-hydrogen) atoms. The highest BCUT2D eigenvalue weighted by atomic mass is 35.5. The number of ether oxygens (including phenoxy) is 1. The van der Waals surface area contributed by atoms with Crippen LogP contribution in [-0.2, 0) is 11.2 Å². The van der Waals surface area contributed by atoms with Gasteiger partial charge in [0, 0.05) is 41.9 Å². The van der Waals surface area contributed by atoms with E-state index in [0.717, 1.165) is 30.1 Å². The molecule has 1 saturated heterocycles. The lowest BCUT2D eigenvalue weighted by Gasteiger charge is -2.36. The molecule has 0 unspecified atom stereocenters. The van der Waals surface area contributed by atoms with Crippen molar-refractivity contribution in [1.29, 1.82) is 0 Å². The van der Waals surface area contributed by atoms with Gasteiger partial charge in [-0.05, 0) is 42.0 Å². The first-order valence-corrected chi connectivity index (χ1v) is 8.93. The third-order valence-electron chi connectivity index (χ3n) is 4.43. The summed E-state index contributed by atoms with van der Waals surface area (Å²) in [6.45, 7) is 3.03. The summed E-state index contributed by atoms with van der Waals surface area (Å²) in [4.78, 5) is 16.7. The van der Waals surface area contributed by atoms with E-state index < -0.39 is 0 Å². The van der Waals surface area contributed by atoms with E-state index in [2.05, 4.69) is 4.90 Å². The second kappa shape index (κ2) is 7.98. The van der Waals surface area contributed by atoms with E-state index in [0.29, 0.717) is 29.6 Å². The summed E-state index contributed by atoms with van der Waals surface area (Å²) in [6.07, 6.45) is 0.304. The number of benzene rings is 2. The van der Waals surface area contributed by atoms with Gasteiger partial charge in [-0.1, -0.05) is 29.3 Å². The first-order valence-electron chi connectivity index (χ1n) is 8.17. The molecule has 1 aliphatic heterocycles. The second-order valence-corrected chi connectivity index (χ2v) is 6.82. The Labute approximate surface area is 157 Å². The van der Waals surface area contributed by atoms with E-state index in [9.17, 15) is 4.79 Å². The van der Waals surface area contributed by atoms with Crippen LogP contribution in [0.3, 0.4) is 0 Å². The number of hydrogen-bond donors (Lipinski definition) is 0. The minimum Gasteiger partial charge on any atom is -0.497 e. The normalized spacial score (nSPS) is 14.5. The number of halogens is 2. The average Bonchev–Trinajstić information content (AvgIpc) is 2.64. The molecule has 0 spiro atoms. The zero-order valence-electron chi connectivity index (χ0n) is 14.0. The number of amides is 1. The molecular formula is C19H20Cl2N2O2. The molecule has 0 aliphatic carbocycles. The number of anilines is 1. The summed E-state index contributed by atoms with van der Waals surface area (Å²) in [7, 11) is 1.66. The van der Waals surface area contributed by atoms with Gasteiger partial charge in [0.2, 0.25) is 5.91 Å². The van der Waals surface area contributed by atoms with Crippen molar-refractivity contribution in [2.75, 3.05) is 38.2 Å². The van der Waals surface area contributed by atoms with E-state index in [-0.39, 0.29) is 5.91 Å². The maximum absolute atomic E-state index is 12.5. The lowest BCUT2D eigenvalue weighted by atomic mass is 10.1. The minimum absolute atomic E-state index is 0.0959. The molecular weight excluding hydrogens is 359 g/mol. The number of methoxy groups -OCH3 is 1. The Morgan fingerprint density at radius 3 is 2.32 bits per heavy atom. The maximum atomic E-state index is 12.5. The van der Waals surface area contributed by atoms with E-state index in [4.69, 9.17) is 27.9 Å². The molecule has 0 radical (unpaired) electrons. The zero-order chi connectivity index (χ0) is 17.8. The fourth-order valence-corrected chi connectivity index (χ4v) is 3.42. The number of nitrogens with zero attached hydrogens (tertiary/aromatic N) is 2. The van der Waals surface area contributed by atoms with Crippen molar-refractivity contribution in [1.82, 2.24) is 4.90 Å². The molecule has 2 aromatic rings. The fourth-order valence-electron chi connectivity index (χ4n) is 2.95. The third-order valence-corrected chi connectivity index (χ3v) is 5.01. The van der Waals surface area contributed by atoms with Crippen molar-refractivity contribution < 1.29 is 9.53 Å². The molecule has 1 amide bonds. The largest absolute Gasteiger partial charge is 0.497 e. The smallest absolute Gasteiger partial charge is 0.227 e. The maximum Gasteiger partial charge on any atom is 0.227 e. The number of carbonyl (C=O) groups is 1. The molecule has 3 rings (SSSR count). The third kappa shape index (κ3) is 4.39. The molecule has 0 saturated carbocycles. The Balaban J connectivity index is 1.56. The SMILES string of the molecule is COc1ccc(N2CCN(C(=O)Cc3ccc(Cl)cc3Cl)CC2)cc1. The van der Waals surface area contributed by atoms with Crippen LogP contribution in [0.5, 0.6) is 5.75 Å². The molecule has 0 N–H and O–H groups in total. The quantitative estimate of drug-likeness (QED) is 0.808. The van der Waals surface area contributed by atoms with Crippen LogP contribution >= 0.6 is 23.2 Å². The molecule has 0 aromatic heterocycles. The Bertz CT molecular complexity index is 742. The average molecular weight is 379 g/mol. The zero-order valence-corrected chi connectivity index (χ0v) is 15.6. The predicted octanol–water partition coefficient (Wildman–Crippen LogP) is 3.89. The highest BCUT2D eigenvalue weighted by molar-refractivity contribution is 6.35. The van der Waals surface area contributed by atoms with Crippen LogP contribution in [0.4, 0.5) is 5.69 Å². The lowest BCUT2D eigenvalue weighted by molar-refractivity contribution is -0.130. The van der Waals surface area contributed by atoms with Gasteiger partial charge >= 0.3 is 0 Å². The summed E-state index contributed by atoms with van der Waals surface area (Å²) in [5.41, 5.74) is 1.96. The number of rotatable bonds is 4. The highest BCUT2D eigenvalue weighted by Crippen LogP contribution is 2.23. The second-order valence-electron chi connectivity index (χ2n) is 5.98. The van der Waals surface area contributed by atoms with Crippen LogP contribution in [-0.4, -0.2) is 44.1 Å². The topological polar surface area (TPSA) is 32.8 Å². The van der Waals surface area contributed by atoms with Gasteiger partial charge in [0.1, 0.15) is 5.75 Å². The standard InChI is InChI=1S/C19H20Cl2N2O2/c1-25-17-6-4-16(5-7-17)22-8-10-23(11-9-22)19(24)12-14-2-3-15(20)13-18(14)21/h2-7,13H,8-12H2,1H3. The van der Waals surface area contributed by atoms with Gasteiger partial charge in [-0.3, -0.25) is 4.79 Å². The Morgan fingerprint density at radius 2 is 1.72 bits per heavy atom. The van der Waals surface area contributed by atoms with E-state index in [1.54, 1.807) is 19.2 Å². The van der Waals surface area contributed by atoms with Gasteiger partial charge in [0.15, 0.2) is 0 Å². The number of hydrogen-bond acceptors (Lipinski definition) is 3. The van der Waals surface area contributed by atoms with E-state index in [1.165, 1.54) is 0 Å². The van der Waals surface area contributed by atoms with Gasteiger partial charge in [0.25, 0.3) is 0 Å². The molecule has 0 bridgehead atoms. The summed E-state index contributed by atoms with van der Waals surface area (Å²) in [6, 6.07) is 13.2. The molecule has 4 nitrogen and oxygen atoms in total. The van der Waals surface area contributed by atoms with Crippen molar-refractivity contribution in [3.8, 4) is 5.75 Å². The van der Waals surface area contributed by atoms with Gasteiger partial charge in [0.05, 0.1) is 13.5 Å². The Morgan fingerprint density at radius 1 is 1.04 bits per heavy atom. The fraction of sp³-hybridized carbons (Fsp3) is 0.316. The Hall–Kier alpha value is -1.91. The first-order chi connectivity index (χ1) is 12.1. The highest BCUT2D eigenvalue weighted by Gasteiger charge is 2.22. The van der Waals surface area contributed by atoms with Crippen LogP contribution in [0.15, 0.2) is 42.5 Å². The molecule has 132 valence electrons. The number of carbonyl (C=O) groups excluding carboxylic acids is 1. The summed E-state index contributed by atoms with van der Waals surface area (Å²) in [5, 5.41) is 1.12. The van der Waals surface area contributed by atoms with Crippen LogP contribution in [0.25, 0.3) is 0 Å². The van der Waals surface area contributed by atoms with Gasteiger partial charge in [-0.2, -0.15) is 0 Å². The van der Waals surface area contributed by atoms with Gasteiger partial charge < -0.3 is 14.5 Å². The van der Waals surface area contributed by atoms with Crippen molar-refractivity contribution in [2.45, 2.75) is 6.42 Å². The minimum atomic E-state index is 0.0959. The summed E-state index contributed by atoms with van der Waals surface area (Å²) < 4.78 is 5.19. The van der Waals surface area contributed by atoms with Crippen LogP contribution in [0.2, 0.25) is 10.0 Å². The van der Waals surface area contributed by atoms with Gasteiger partial charge in [-0.15, -0.1) is 0 Å². The summed E-state index contributed by atoms with van der Waals surface area (Å²) in [5.74, 6) is 0.941. The van der Waals surface area contributed by atoms with Crippen molar-refractivity contribution in [3.63, 3.8) is 0 Å². The Kier molecular flexibility index (Phi) is 5.71. The lowest BCUT2D eigenvalue weighted by Crippen LogP contribution is -2.49. The molecule has 1 heterocycles. The molecule has 0 atom stereocenters. The molecule has 6 heteroatoms. The first kappa shape index (κ1) is 17.9. The van der Waals surface area contributed by atoms with Crippen molar-refractivity contribution in [2.24, 2.45) is 0 Å². The predicted molar refractivity (Wildman–Crippen MR) is 102 cm³/mol. The van der Waals surface area contributed by atoms with E-state index >= 15 is 0 Å².